The first-order chi connectivity index (χ1) is 9.52. The second kappa shape index (κ2) is 6.61. The van der Waals surface area contributed by atoms with Crippen molar-refractivity contribution >= 4 is 27.5 Å². The van der Waals surface area contributed by atoms with Crippen molar-refractivity contribution in [2.75, 3.05) is 7.11 Å². The van der Waals surface area contributed by atoms with Gasteiger partial charge in [-0.05, 0) is 42.7 Å². The molecule has 0 heterocycles. The van der Waals surface area contributed by atoms with Gasteiger partial charge in [-0.25, -0.2) is 0 Å². The van der Waals surface area contributed by atoms with Crippen LogP contribution in [0.15, 0.2) is 40.9 Å². The van der Waals surface area contributed by atoms with E-state index in [1.54, 1.807) is 7.11 Å². The Kier molecular flexibility index (Phi) is 5.08. The van der Waals surface area contributed by atoms with Gasteiger partial charge < -0.3 is 10.5 Å². The molecule has 0 saturated heterocycles. The molecule has 1 unspecified atom stereocenters. The molecule has 0 amide bonds. The first-order valence-corrected chi connectivity index (χ1v) is 7.53. The molecule has 0 aliphatic rings. The first-order valence-electron chi connectivity index (χ1n) is 6.36. The first kappa shape index (κ1) is 15.4. The van der Waals surface area contributed by atoms with E-state index in [4.69, 9.17) is 22.1 Å². The van der Waals surface area contributed by atoms with E-state index in [2.05, 4.69) is 15.9 Å². The van der Waals surface area contributed by atoms with Crippen molar-refractivity contribution in [1.29, 1.82) is 0 Å². The van der Waals surface area contributed by atoms with Crippen LogP contribution < -0.4 is 10.5 Å². The molecule has 0 radical (unpaired) electrons. The highest BCUT2D eigenvalue weighted by Gasteiger charge is 2.15. The molecule has 2 nitrogen and oxygen atoms in total. The maximum absolute atomic E-state index is 6.33. The van der Waals surface area contributed by atoms with Gasteiger partial charge in [0, 0.05) is 21.1 Å². The fraction of sp³-hybridized carbons (Fsp3) is 0.250. The molecule has 2 N–H and O–H groups in total. The molecule has 0 aliphatic carbocycles. The minimum atomic E-state index is -0.165. The van der Waals surface area contributed by atoms with Crippen molar-refractivity contribution in [3.05, 3.63) is 62.6 Å². The van der Waals surface area contributed by atoms with Crippen LogP contribution in [0.25, 0.3) is 0 Å². The van der Waals surface area contributed by atoms with E-state index < -0.39 is 0 Å². The van der Waals surface area contributed by atoms with Crippen molar-refractivity contribution in [3.63, 3.8) is 0 Å². The number of hydrogen-bond donors (Lipinski definition) is 1. The molecule has 0 aromatic heterocycles. The summed E-state index contributed by atoms with van der Waals surface area (Å²) in [5.41, 5.74) is 9.47. The van der Waals surface area contributed by atoms with Gasteiger partial charge in [-0.3, -0.25) is 0 Å². The summed E-state index contributed by atoms with van der Waals surface area (Å²) in [4.78, 5) is 0. The van der Waals surface area contributed by atoms with E-state index in [0.29, 0.717) is 6.42 Å². The Hall–Kier alpha value is -1.03. The largest absolute Gasteiger partial charge is 0.496 e. The third kappa shape index (κ3) is 3.35. The lowest BCUT2D eigenvalue weighted by Gasteiger charge is -2.18. The summed E-state index contributed by atoms with van der Waals surface area (Å²) in [5, 5.41) is 0.744. The number of ether oxygens (including phenoxy) is 1. The van der Waals surface area contributed by atoms with E-state index in [9.17, 15) is 0 Å². The van der Waals surface area contributed by atoms with Crippen LogP contribution in [-0.4, -0.2) is 7.11 Å². The summed E-state index contributed by atoms with van der Waals surface area (Å²) in [7, 11) is 1.66. The predicted octanol–water partition coefficient (Wildman–Crippen LogP) is 4.66. The van der Waals surface area contributed by atoms with Gasteiger partial charge in [0.15, 0.2) is 0 Å². The Labute approximate surface area is 133 Å². The SMILES string of the molecule is COc1cc(C)c(Br)cc1C(N)Cc1ccccc1Cl. The van der Waals surface area contributed by atoms with Crippen LogP contribution in [-0.2, 0) is 6.42 Å². The van der Waals surface area contributed by atoms with Gasteiger partial charge >= 0.3 is 0 Å². The molecular formula is C16H17BrClNO. The highest BCUT2D eigenvalue weighted by Crippen LogP contribution is 2.32. The second-order valence-electron chi connectivity index (χ2n) is 4.75. The minimum Gasteiger partial charge on any atom is -0.496 e. The normalized spacial score (nSPS) is 12.2. The van der Waals surface area contributed by atoms with Gasteiger partial charge in [0.05, 0.1) is 7.11 Å². The molecular weight excluding hydrogens is 338 g/mol. The van der Waals surface area contributed by atoms with Crippen LogP contribution in [0.1, 0.15) is 22.7 Å². The van der Waals surface area contributed by atoms with Crippen molar-refractivity contribution < 1.29 is 4.74 Å². The Bertz CT molecular complexity index is 615. The molecule has 20 heavy (non-hydrogen) atoms. The average Bonchev–Trinajstić information content (AvgIpc) is 2.43. The van der Waals surface area contributed by atoms with E-state index in [-0.39, 0.29) is 6.04 Å². The fourth-order valence-corrected chi connectivity index (χ4v) is 2.72. The Morgan fingerprint density at radius 1 is 1.30 bits per heavy atom. The van der Waals surface area contributed by atoms with Gasteiger partial charge in [-0.15, -0.1) is 0 Å². The summed E-state index contributed by atoms with van der Waals surface area (Å²) in [6, 6.07) is 11.6. The van der Waals surface area contributed by atoms with Crippen LogP contribution in [0.3, 0.4) is 0 Å². The van der Waals surface area contributed by atoms with Crippen molar-refractivity contribution in [1.82, 2.24) is 0 Å². The Balaban J connectivity index is 2.32. The monoisotopic (exact) mass is 353 g/mol. The lowest BCUT2D eigenvalue weighted by atomic mass is 9.98. The maximum atomic E-state index is 6.33. The number of methoxy groups -OCH3 is 1. The zero-order chi connectivity index (χ0) is 14.7. The fourth-order valence-electron chi connectivity index (χ4n) is 2.15. The third-order valence-electron chi connectivity index (χ3n) is 3.31. The molecule has 0 saturated carbocycles. The molecule has 2 aromatic carbocycles. The Morgan fingerprint density at radius 2 is 2.00 bits per heavy atom. The van der Waals surface area contributed by atoms with E-state index in [0.717, 1.165) is 31.9 Å². The smallest absolute Gasteiger partial charge is 0.123 e. The number of hydrogen-bond acceptors (Lipinski definition) is 2. The topological polar surface area (TPSA) is 35.2 Å². The van der Waals surface area contributed by atoms with Crippen LogP contribution in [0.4, 0.5) is 0 Å². The summed E-state index contributed by atoms with van der Waals surface area (Å²) in [5.74, 6) is 0.810. The lowest BCUT2D eigenvalue weighted by molar-refractivity contribution is 0.405. The third-order valence-corrected chi connectivity index (χ3v) is 4.53. The van der Waals surface area contributed by atoms with Crippen LogP contribution >= 0.6 is 27.5 Å². The van der Waals surface area contributed by atoms with Gasteiger partial charge in [0.2, 0.25) is 0 Å². The molecule has 0 bridgehead atoms. The van der Waals surface area contributed by atoms with E-state index >= 15 is 0 Å². The van der Waals surface area contributed by atoms with Crippen LogP contribution in [0.2, 0.25) is 5.02 Å². The molecule has 0 fully saturated rings. The summed E-state index contributed by atoms with van der Waals surface area (Å²) in [6.07, 6.45) is 0.672. The molecule has 4 heteroatoms. The molecule has 2 aromatic rings. The number of rotatable bonds is 4. The van der Waals surface area contributed by atoms with Gasteiger partial charge in [-0.2, -0.15) is 0 Å². The van der Waals surface area contributed by atoms with Gasteiger partial charge in [0.25, 0.3) is 0 Å². The quantitative estimate of drug-likeness (QED) is 0.866. The highest BCUT2D eigenvalue weighted by atomic mass is 79.9. The standard InChI is InChI=1S/C16H17BrClNO/c1-10-7-16(20-2)12(9-13(10)17)15(19)8-11-5-3-4-6-14(11)18/h3-7,9,15H,8,19H2,1-2H3. The maximum Gasteiger partial charge on any atom is 0.123 e. The zero-order valence-corrected chi connectivity index (χ0v) is 13.8. The van der Waals surface area contributed by atoms with Crippen molar-refractivity contribution in [2.24, 2.45) is 5.73 Å². The molecule has 2 rings (SSSR count). The number of benzene rings is 2. The van der Waals surface area contributed by atoms with E-state index in [1.807, 2.05) is 43.3 Å². The van der Waals surface area contributed by atoms with Gasteiger partial charge in [0.1, 0.15) is 5.75 Å². The van der Waals surface area contributed by atoms with Crippen LogP contribution in [0, 0.1) is 6.92 Å². The number of nitrogens with two attached hydrogens (primary N) is 1. The summed E-state index contributed by atoms with van der Waals surface area (Å²) >= 11 is 9.73. The van der Waals surface area contributed by atoms with Crippen molar-refractivity contribution in [2.45, 2.75) is 19.4 Å². The molecule has 0 spiro atoms. The predicted molar refractivity (Wildman–Crippen MR) is 87.5 cm³/mol. The Morgan fingerprint density at radius 3 is 2.65 bits per heavy atom. The molecule has 106 valence electrons. The summed E-state index contributed by atoms with van der Waals surface area (Å²) in [6.45, 7) is 2.02. The van der Waals surface area contributed by atoms with Crippen LogP contribution in [0.5, 0.6) is 5.75 Å². The number of aryl methyl sites for hydroxylation is 1. The van der Waals surface area contributed by atoms with Gasteiger partial charge in [-0.1, -0.05) is 45.7 Å². The zero-order valence-electron chi connectivity index (χ0n) is 11.5. The second-order valence-corrected chi connectivity index (χ2v) is 6.01. The number of halogens is 2. The van der Waals surface area contributed by atoms with E-state index in [1.165, 1.54) is 0 Å². The van der Waals surface area contributed by atoms with Crippen molar-refractivity contribution in [3.8, 4) is 5.75 Å². The highest BCUT2D eigenvalue weighted by molar-refractivity contribution is 9.10. The average molecular weight is 355 g/mol. The molecule has 0 aliphatic heterocycles. The summed E-state index contributed by atoms with van der Waals surface area (Å²) < 4.78 is 6.47. The minimum absolute atomic E-state index is 0.165. The lowest BCUT2D eigenvalue weighted by Crippen LogP contribution is -2.15. The molecule has 1 atom stereocenters.